The molecule has 0 aliphatic carbocycles. The van der Waals surface area contributed by atoms with Gasteiger partial charge in [-0.2, -0.15) is 0 Å². The van der Waals surface area contributed by atoms with Gasteiger partial charge in [0.1, 0.15) is 0 Å². The van der Waals surface area contributed by atoms with Gasteiger partial charge >= 0.3 is 0 Å². The Morgan fingerprint density at radius 1 is 1.12 bits per heavy atom. The fourth-order valence-corrected chi connectivity index (χ4v) is 3.33. The van der Waals surface area contributed by atoms with Crippen molar-refractivity contribution < 1.29 is 14.1 Å². The molecule has 0 saturated carbocycles. The number of hydrogen-bond acceptors (Lipinski definition) is 6. The van der Waals surface area contributed by atoms with Crippen LogP contribution in [-0.2, 0) is 16.1 Å². The molecule has 2 fully saturated rings. The molecule has 0 bridgehead atoms. The first-order valence-electron chi connectivity index (χ1n) is 9.01. The summed E-state index contributed by atoms with van der Waals surface area (Å²) in [5.74, 6) is 0.828. The molecule has 0 unspecified atom stereocenters. The third kappa shape index (κ3) is 5.27. The average molecular weight is 349 g/mol. The van der Waals surface area contributed by atoms with E-state index in [1.54, 1.807) is 0 Å². The number of aryl methyl sites for hydroxylation is 1. The van der Waals surface area contributed by atoms with Crippen LogP contribution in [0.3, 0.4) is 0 Å². The molecule has 1 aromatic rings. The standard InChI is InChI=1S/C17H27N5O3/c1-14-10-15(25-19-14)12-20-6-8-21(9-7-20)13-16(23)18-11-17(24)22-4-2-3-5-22/h10H,2-9,11-13H2,1H3,(H,18,23). The van der Waals surface area contributed by atoms with Crippen LogP contribution in [-0.4, -0.2) is 84.0 Å². The Bertz CT molecular complexity index is 589. The molecule has 0 aromatic carbocycles. The second-order valence-electron chi connectivity index (χ2n) is 6.85. The third-order valence-electron chi connectivity index (χ3n) is 4.78. The van der Waals surface area contributed by atoms with Crippen LogP contribution in [0.25, 0.3) is 0 Å². The maximum absolute atomic E-state index is 12.0. The maximum atomic E-state index is 12.0. The Kier molecular flexibility index (Phi) is 6.04. The zero-order valence-electron chi connectivity index (χ0n) is 14.9. The minimum absolute atomic E-state index is 0.0259. The lowest BCUT2D eigenvalue weighted by Gasteiger charge is -2.33. The van der Waals surface area contributed by atoms with E-state index >= 15 is 0 Å². The van der Waals surface area contributed by atoms with E-state index in [1.807, 2.05) is 17.9 Å². The SMILES string of the molecule is Cc1cc(CN2CCN(CC(=O)NCC(=O)N3CCCC3)CC2)on1. The second kappa shape index (κ2) is 8.44. The third-order valence-corrected chi connectivity index (χ3v) is 4.78. The number of nitrogens with zero attached hydrogens (tertiary/aromatic N) is 4. The number of carbonyl (C=O) groups excluding carboxylic acids is 2. The molecule has 1 N–H and O–H groups in total. The molecule has 8 nitrogen and oxygen atoms in total. The molecule has 138 valence electrons. The molecule has 25 heavy (non-hydrogen) atoms. The molecule has 0 radical (unpaired) electrons. The van der Waals surface area contributed by atoms with Gasteiger partial charge in [0.15, 0.2) is 5.76 Å². The van der Waals surface area contributed by atoms with Gasteiger partial charge in [-0.15, -0.1) is 0 Å². The highest BCUT2D eigenvalue weighted by Crippen LogP contribution is 2.10. The molecule has 8 heteroatoms. The van der Waals surface area contributed by atoms with Crippen molar-refractivity contribution in [1.29, 1.82) is 0 Å². The quantitative estimate of drug-likeness (QED) is 0.769. The number of carbonyl (C=O) groups is 2. The smallest absolute Gasteiger partial charge is 0.241 e. The van der Waals surface area contributed by atoms with E-state index in [4.69, 9.17) is 4.52 Å². The van der Waals surface area contributed by atoms with Crippen molar-refractivity contribution in [2.75, 3.05) is 52.4 Å². The highest BCUT2D eigenvalue weighted by atomic mass is 16.5. The van der Waals surface area contributed by atoms with E-state index in [0.717, 1.165) is 70.1 Å². The topological polar surface area (TPSA) is 81.9 Å². The van der Waals surface area contributed by atoms with Gasteiger partial charge in [-0.1, -0.05) is 5.16 Å². The predicted molar refractivity (Wildman–Crippen MR) is 91.8 cm³/mol. The molecule has 2 amide bonds. The van der Waals surface area contributed by atoms with Crippen molar-refractivity contribution in [1.82, 2.24) is 25.2 Å². The lowest BCUT2D eigenvalue weighted by atomic mass is 10.3. The van der Waals surface area contributed by atoms with Crippen LogP contribution >= 0.6 is 0 Å². The Labute approximate surface area is 148 Å². The normalized spacial score (nSPS) is 19.3. The van der Waals surface area contributed by atoms with Crippen molar-refractivity contribution in [3.05, 3.63) is 17.5 Å². The highest BCUT2D eigenvalue weighted by molar-refractivity contribution is 5.85. The van der Waals surface area contributed by atoms with E-state index in [-0.39, 0.29) is 18.4 Å². The van der Waals surface area contributed by atoms with Gasteiger partial charge in [-0.05, 0) is 19.8 Å². The summed E-state index contributed by atoms with van der Waals surface area (Å²) in [4.78, 5) is 30.2. The maximum Gasteiger partial charge on any atom is 0.241 e. The monoisotopic (exact) mass is 349 g/mol. The molecule has 3 rings (SSSR count). The van der Waals surface area contributed by atoms with Crippen LogP contribution in [0.2, 0.25) is 0 Å². The van der Waals surface area contributed by atoms with Gasteiger partial charge in [-0.3, -0.25) is 19.4 Å². The number of rotatable bonds is 6. The lowest BCUT2D eigenvalue weighted by Crippen LogP contribution is -2.50. The summed E-state index contributed by atoms with van der Waals surface area (Å²) < 4.78 is 5.25. The number of piperazine rings is 1. The van der Waals surface area contributed by atoms with E-state index < -0.39 is 0 Å². The fraction of sp³-hybridized carbons (Fsp3) is 0.706. The molecule has 3 heterocycles. The van der Waals surface area contributed by atoms with Crippen molar-refractivity contribution in [2.24, 2.45) is 0 Å². The van der Waals surface area contributed by atoms with Crippen molar-refractivity contribution in [3.63, 3.8) is 0 Å². The molecular formula is C17H27N5O3. The molecule has 1 aromatic heterocycles. The summed E-state index contributed by atoms with van der Waals surface area (Å²) in [7, 11) is 0. The van der Waals surface area contributed by atoms with Crippen LogP contribution in [0.1, 0.15) is 24.3 Å². The average Bonchev–Trinajstić information content (AvgIpc) is 3.26. The first kappa shape index (κ1) is 17.9. The summed E-state index contributed by atoms with van der Waals surface area (Å²) in [5.41, 5.74) is 0.897. The minimum atomic E-state index is -0.0770. The molecule has 0 atom stereocenters. The fourth-order valence-electron chi connectivity index (χ4n) is 3.33. The Morgan fingerprint density at radius 3 is 2.44 bits per heavy atom. The summed E-state index contributed by atoms with van der Waals surface area (Å²) in [6.45, 7) is 8.22. The summed E-state index contributed by atoms with van der Waals surface area (Å²) >= 11 is 0. The van der Waals surface area contributed by atoms with Crippen LogP contribution in [0.15, 0.2) is 10.6 Å². The predicted octanol–water partition coefficient (Wildman–Crippen LogP) is -0.161. The Balaban J connectivity index is 1.32. The zero-order chi connectivity index (χ0) is 17.6. The van der Waals surface area contributed by atoms with Gasteiger partial charge in [-0.25, -0.2) is 0 Å². The summed E-state index contributed by atoms with van der Waals surface area (Å²) in [6.07, 6.45) is 2.13. The summed E-state index contributed by atoms with van der Waals surface area (Å²) in [6, 6.07) is 1.96. The van der Waals surface area contributed by atoms with Crippen LogP contribution in [0.4, 0.5) is 0 Å². The van der Waals surface area contributed by atoms with Gasteiger partial charge in [0.05, 0.1) is 25.3 Å². The van der Waals surface area contributed by atoms with Crippen LogP contribution in [0, 0.1) is 6.92 Å². The second-order valence-corrected chi connectivity index (χ2v) is 6.85. The van der Waals surface area contributed by atoms with Gasteiger partial charge in [0.2, 0.25) is 11.8 Å². The van der Waals surface area contributed by atoms with E-state index in [1.165, 1.54) is 0 Å². The van der Waals surface area contributed by atoms with E-state index in [9.17, 15) is 9.59 Å². The van der Waals surface area contributed by atoms with Crippen LogP contribution < -0.4 is 5.32 Å². The van der Waals surface area contributed by atoms with Gasteiger partial charge in [0.25, 0.3) is 0 Å². The van der Waals surface area contributed by atoms with Gasteiger partial charge in [0, 0.05) is 45.3 Å². The number of aromatic nitrogens is 1. The van der Waals surface area contributed by atoms with Crippen molar-refractivity contribution >= 4 is 11.8 Å². The number of likely N-dealkylation sites (tertiary alicyclic amines) is 1. The first-order valence-corrected chi connectivity index (χ1v) is 9.01. The zero-order valence-corrected chi connectivity index (χ0v) is 14.9. The van der Waals surface area contributed by atoms with E-state index in [0.29, 0.717) is 6.54 Å². The molecule has 0 spiro atoms. The van der Waals surface area contributed by atoms with E-state index in [2.05, 4.69) is 20.3 Å². The van der Waals surface area contributed by atoms with Gasteiger partial charge < -0.3 is 14.7 Å². The number of hydrogen-bond donors (Lipinski definition) is 1. The highest BCUT2D eigenvalue weighted by Gasteiger charge is 2.21. The number of nitrogens with one attached hydrogen (secondary N) is 1. The summed E-state index contributed by atoms with van der Waals surface area (Å²) in [5, 5.41) is 6.66. The lowest BCUT2D eigenvalue weighted by molar-refractivity contribution is -0.132. The molecule has 2 saturated heterocycles. The largest absolute Gasteiger partial charge is 0.360 e. The van der Waals surface area contributed by atoms with Crippen LogP contribution in [0.5, 0.6) is 0 Å². The number of amides is 2. The molecule has 2 aliphatic rings. The Hall–Kier alpha value is -1.93. The molecular weight excluding hydrogens is 322 g/mol. The Morgan fingerprint density at radius 2 is 1.80 bits per heavy atom. The molecule has 2 aliphatic heterocycles. The first-order chi connectivity index (χ1) is 12.1. The van der Waals surface area contributed by atoms with Crippen molar-refractivity contribution in [3.8, 4) is 0 Å². The van der Waals surface area contributed by atoms with Crippen molar-refractivity contribution in [2.45, 2.75) is 26.3 Å². The minimum Gasteiger partial charge on any atom is -0.360 e.